The fraction of sp³-hybridized carbons (Fsp3) is 0.409. The molecule has 1 aliphatic rings. The maximum atomic E-state index is 10.4. The van der Waals surface area contributed by atoms with Gasteiger partial charge in [-0.1, -0.05) is 38.9 Å². The zero-order valence-electron chi connectivity index (χ0n) is 16.1. The van der Waals surface area contributed by atoms with E-state index in [9.17, 15) is 10.2 Å². The number of rotatable bonds is 2. The molecule has 0 radical (unpaired) electrons. The molecule has 0 atom stereocenters. The van der Waals surface area contributed by atoms with E-state index >= 15 is 0 Å². The Morgan fingerprint density at radius 2 is 1.42 bits per heavy atom. The highest BCUT2D eigenvalue weighted by molar-refractivity contribution is 5.88. The fourth-order valence-corrected chi connectivity index (χ4v) is 3.99. The molecule has 0 saturated carbocycles. The van der Waals surface area contributed by atoms with Gasteiger partial charge in [-0.25, -0.2) is 0 Å². The Kier molecular flexibility index (Phi) is 4.26. The number of aromatic hydroxyl groups is 2. The Morgan fingerprint density at radius 1 is 0.846 bits per heavy atom. The molecule has 0 aliphatic heterocycles. The lowest BCUT2D eigenvalue weighted by Crippen LogP contribution is -2.34. The second-order valence-corrected chi connectivity index (χ2v) is 8.65. The van der Waals surface area contributed by atoms with Gasteiger partial charge >= 0.3 is 0 Å². The van der Waals surface area contributed by atoms with Crippen LogP contribution in [-0.2, 0) is 10.8 Å². The molecule has 0 heterocycles. The summed E-state index contributed by atoms with van der Waals surface area (Å²) < 4.78 is 0. The first-order chi connectivity index (χ1) is 12.1. The highest BCUT2D eigenvalue weighted by atomic mass is 16.4. The Hall–Kier alpha value is -2.49. The number of phenolic OH excluding ortho intramolecular Hbond substituents is 2. The summed E-state index contributed by atoms with van der Waals surface area (Å²) in [5.41, 5.74) is 5.84. The lowest BCUT2D eigenvalue weighted by atomic mass is 9.62. The van der Waals surface area contributed by atoms with Crippen LogP contribution >= 0.6 is 0 Å². The molecule has 2 aromatic rings. The molecule has 3 rings (SSSR count). The van der Waals surface area contributed by atoms with Gasteiger partial charge in [0.2, 0.25) is 0 Å². The summed E-state index contributed by atoms with van der Waals surface area (Å²) in [5, 5.41) is 32.2. The second-order valence-electron chi connectivity index (χ2n) is 8.65. The van der Waals surface area contributed by atoms with Crippen LogP contribution < -0.4 is 0 Å². The molecule has 3 N–H and O–H groups in total. The molecular formula is C22H27NO3. The van der Waals surface area contributed by atoms with Gasteiger partial charge in [-0.15, -0.1) is 0 Å². The van der Waals surface area contributed by atoms with Crippen molar-refractivity contribution in [3.05, 3.63) is 46.5 Å². The van der Waals surface area contributed by atoms with Crippen LogP contribution in [0.15, 0.2) is 29.4 Å². The van der Waals surface area contributed by atoms with Crippen molar-refractivity contribution in [1.29, 1.82) is 0 Å². The molecule has 1 aliphatic carbocycles. The number of hydrogen-bond donors (Lipinski definition) is 3. The minimum Gasteiger partial charge on any atom is -0.507 e. The van der Waals surface area contributed by atoms with Crippen LogP contribution in [0.1, 0.15) is 62.8 Å². The highest BCUT2D eigenvalue weighted by Gasteiger charge is 2.37. The third kappa shape index (κ3) is 2.94. The first kappa shape index (κ1) is 18.3. The molecule has 0 unspecified atom stereocenters. The Bertz CT molecular complexity index is 895. The van der Waals surface area contributed by atoms with Crippen LogP contribution in [0.4, 0.5) is 0 Å². The number of oxime groups is 1. The van der Waals surface area contributed by atoms with Gasteiger partial charge < -0.3 is 15.4 Å². The van der Waals surface area contributed by atoms with Gasteiger partial charge in [0.25, 0.3) is 0 Å². The summed E-state index contributed by atoms with van der Waals surface area (Å²) in [6.45, 7) is 11.1. The van der Waals surface area contributed by atoms with Gasteiger partial charge in [-0.3, -0.25) is 0 Å². The molecule has 2 aromatic carbocycles. The van der Waals surface area contributed by atoms with E-state index in [1.807, 2.05) is 6.92 Å². The minimum atomic E-state index is -0.124. The number of phenols is 2. The third-order valence-electron chi connectivity index (χ3n) is 5.83. The molecule has 0 bridgehead atoms. The van der Waals surface area contributed by atoms with E-state index in [2.05, 4.69) is 45.0 Å². The van der Waals surface area contributed by atoms with Crippen molar-refractivity contribution in [1.82, 2.24) is 0 Å². The van der Waals surface area contributed by atoms with Crippen LogP contribution in [0.25, 0.3) is 11.1 Å². The van der Waals surface area contributed by atoms with Crippen molar-refractivity contribution in [3.8, 4) is 22.6 Å². The fourth-order valence-electron chi connectivity index (χ4n) is 3.99. The maximum absolute atomic E-state index is 10.4. The van der Waals surface area contributed by atoms with Crippen molar-refractivity contribution < 1.29 is 15.4 Å². The van der Waals surface area contributed by atoms with E-state index in [4.69, 9.17) is 5.21 Å². The summed E-state index contributed by atoms with van der Waals surface area (Å²) in [6, 6.07) is 7.36. The predicted molar refractivity (Wildman–Crippen MR) is 105 cm³/mol. The van der Waals surface area contributed by atoms with Crippen molar-refractivity contribution in [2.45, 2.75) is 58.3 Å². The summed E-state index contributed by atoms with van der Waals surface area (Å²) in [6.07, 6.45) is 3.42. The third-order valence-corrected chi connectivity index (χ3v) is 5.83. The predicted octanol–water partition coefficient (Wildman–Crippen LogP) is 5.23. The normalized spacial score (nSPS) is 18.0. The van der Waals surface area contributed by atoms with Crippen LogP contribution in [0.5, 0.6) is 11.5 Å². The topological polar surface area (TPSA) is 73.1 Å². The first-order valence-corrected chi connectivity index (χ1v) is 8.96. The minimum absolute atomic E-state index is 0.00788. The van der Waals surface area contributed by atoms with Crippen LogP contribution in [0.2, 0.25) is 0 Å². The Morgan fingerprint density at radius 3 is 2.00 bits per heavy atom. The van der Waals surface area contributed by atoms with Crippen molar-refractivity contribution in [2.75, 3.05) is 0 Å². The maximum Gasteiger partial charge on any atom is 0.128 e. The lowest BCUT2D eigenvalue weighted by Gasteiger charge is -2.42. The zero-order chi connectivity index (χ0) is 19.3. The van der Waals surface area contributed by atoms with Crippen LogP contribution in [-0.4, -0.2) is 21.6 Å². The SMILES string of the molecule is Cc1cc2c(cc1-c1cc(C=NO)c(O)cc1O)C(C)(C)CCC2(C)C. The van der Waals surface area contributed by atoms with E-state index in [1.165, 1.54) is 23.4 Å². The quantitative estimate of drug-likeness (QED) is 0.393. The zero-order valence-corrected chi connectivity index (χ0v) is 16.1. The Balaban J connectivity index is 2.27. The average Bonchev–Trinajstić information content (AvgIpc) is 2.55. The van der Waals surface area contributed by atoms with Crippen LogP contribution in [0, 0.1) is 6.92 Å². The van der Waals surface area contributed by atoms with Crippen molar-refractivity contribution >= 4 is 6.21 Å². The molecule has 0 spiro atoms. The first-order valence-electron chi connectivity index (χ1n) is 8.96. The summed E-state index contributed by atoms with van der Waals surface area (Å²) in [5.74, 6) is -0.116. The molecular weight excluding hydrogens is 326 g/mol. The molecule has 0 fully saturated rings. The van der Waals surface area contributed by atoms with Crippen LogP contribution in [0.3, 0.4) is 0 Å². The molecule has 0 aromatic heterocycles. The van der Waals surface area contributed by atoms with Gasteiger partial charge in [0, 0.05) is 17.2 Å². The second kappa shape index (κ2) is 6.04. The van der Waals surface area contributed by atoms with E-state index in [0.717, 1.165) is 24.0 Å². The Labute approximate surface area is 154 Å². The molecule has 0 saturated heterocycles. The standard InChI is InChI=1S/C22H27NO3/c1-13-8-17-18(22(4,5)7-6-21(17,2)3)10-15(13)16-9-14(12-23-26)19(24)11-20(16)25/h8-12,24-26H,6-7H2,1-5H3. The van der Waals surface area contributed by atoms with Gasteiger partial charge in [-0.2, -0.15) is 0 Å². The smallest absolute Gasteiger partial charge is 0.128 e. The van der Waals surface area contributed by atoms with E-state index in [-0.39, 0.29) is 22.3 Å². The number of hydrogen-bond acceptors (Lipinski definition) is 4. The summed E-state index contributed by atoms with van der Waals surface area (Å²) in [7, 11) is 0. The monoisotopic (exact) mass is 353 g/mol. The van der Waals surface area contributed by atoms with Crippen molar-refractivity contribution in [3.63, 3.8) is 0 Å². The molecule has 0 amide bonds. The molecule has 4 nitrogen and oxygen atoms in total. The molecule has 26 heavy (non-hydrogen) atoms. The van der Waals surface area contributed by atoms with Gasteiger partial charge in [0.15, 0.2) is 0 Å². The summed E-state index contributed by atoms with van der Waals surface area (Å²) >= 11 is 0. The number of nitrogens with zero attached hydrogens (tertiary/aromatic N) is 1. The number of aryl methyl sites for hydroxylation is 1. The molecule has 138 valence electrons. The highest BCUT2D eigenvalue weighted by Crippen LogP contribution is 2.48. The number of fused-ring (bicyclic) bond motifs is 1. The van der Waals surface area contributed by atoms with E-state index in [0.29, 0.717) is 11.1 Å². The van der Waals surface area contributed by atoms with Gasteiger partial charge in [0.05, 0.1) is 6.21 Å². The average molecular weight is 353 g/mol. The lowest BCUT2D eigenvalue weighted by molar-refractivity contribution is 0.321. The van der Waals surface area contributed by atoms with E-state index < -0.39 is 0 Å². The largest absolute Gasteiger partial charge is 0.507 e. The summed E-state index contributed by atoms with van der Waals surface area (Å²) in [4.78, 5) is 0. The van der Waals surface area contributed by atoms with E-state index in [1.54, 1.807) is 6.07 Å². The van der Waals surface area contributed by atoms with Gasteiger partial charge in [-0.05, 0) is 65.0 Å². The van der Waals surface area contributed by atoms with Crippen molar-refractivity contribution in [2.24, 2.45) is 5.16 Å². The van der Waals surface area contributed by atoms with Gasteiger partial charge in [0.1, 0.15) is 11.5 Å². The molecule has 4 heteroatoms. The number of benzene rings is 2.